The van der Waals surface area contributed by atoms with Crippen LogP contribution in [0.3, 0.4) is 0 Å². The van der Waals surface area contributed by atoms with Crippen LogP contribution in [0.4, 0.5) is 5.69 Å². The molecule has 0 amide bonds. The molecule has 2 rings (SSSR count). The van der Waals surface area contributed by atoms with Crippen molar-refractivity contribution >= 4 is 23.0 Å². The first-order valence-electron chi connectivity index (χ1n) is 5.38. The molecule has 0 heterocycles. The van der Waals surface area contributed by atoms with Gasteiger partial charge in [0.1, 0.15) is 5.75 Å². The van der Waals surface area contributed by atoms with E-state index in [0.29, 0.717) is 22.5 Å². The zero-order valence-electron chi connectivity index (χ0n) is 9.49. The highest BCUT2D eigenvalue weighted by atomic mass is 32.1. The Labute approximate surface area is 106 Å². The number of nitrogens with zero attached hydrogens (tertiary/aromatic N) is 1. The lowest BCUT2D eigenvalue weighted by atomic mass is 10.2. The molecular formula is C12H13N3OS. The van der Waals surface area contributed by atoms with Crippen LogP contribution < -0.4 is 15.4 Å². The maximum absolute atomic E-state index is 8.79. The molecule has 0 radical (unpaired) electrons. The lowest BCUT2D eigenvalue weighted by Crippen LogP contribution is -2.30. The third-order valence-electron chi connectivity index (χ3n) is 2.49. The standard InChI is InChI=1S/C12H13N3OS/c1-16-11-6-8(7-13)2-5-10(11)15-12(17)14-9-3-4-9/h2,5-6,9H,3-4H2,1H3,(H2,14,15,17). The van der Waals surface area contributed by atoms with E-state index in [4.69, 9.17) is 22.2 Å². The van der Waals surface area contributed by atoms with Gasteiger partial charge in [-0.3, -0.25) is 0 Å². The van der Waals surface area contributed by atoms with Crippen LogP contribution in [-0.2, 0) is 0 Å². The third-order valence-corrected chi connectivity index (χ3v) is 2.71. The van der Waals surface area contributed by atoms with Crippen LogP contribution in [0.25, 0.3) is 0 Å². The van der Waals surface area contributed by atoms with Crippen molar-refractivity contribution in [1.29, 1.82) is 5.26 Å². The number of nitriles is 1. The number of hydrogen-bond donors (Lipinski definition) is 2. The van der Waals surface area contributed by atoms with Gasteiger partial charge in [0.05, 0.1) is 24.4 Å². The van der Waals surface area contributed by atoms with E-state index in [1.165, 1.54) is 12.8 Å². The van der Waals surface area contributed by atoms with Crippen LogP contribution in [-0.4, -0.2) is 18.3 Å². The van der Waals surface area contributed by atoms with E-state index in [-0.39, 0.29) is 0 Å². The molecule has 0 aromatic heterocycles. The smallest absolute Gasteiger partial charge is 0.171 e. The molecule has 1 aromatic carbocycles. The van der Waals surface area contributed by atoms with Crippen molar-refractivity contribution in [3.8, 4) is 11.8 Å². The Hall–Kier alpha value is -1.80. The van der Waals surface area contributed by atoms with E-state index in [9.17, 15) is 0 Å². The summed E-state index contributed by atoms with van der Waals surface area (Å²) in [6, 6.07) is 7.78. The van der Waals surface area contributed by atoms with Gasteiger partial charge in [-0.15, -0.1) is 0 Å². The van der Waals surface area contributed by atoms with E-state index in [1.807, 2.05) is 0 Å². The molecule has 4 nitrogen and oxygen atoms in total. The molecule has 0 bridgehead atoms. The topological polar surface area (TPSA) is 57.1 Å². The van der Waals surface area contributed by atoms with Crippen LogP contribution >= 0.6 is 12.2 Å². The van der Waals surface area contributed by atoms with Gasteiger partial charge in [0.15, 0.2) is 5.11 Å². The van der Waals surface area contributed by atoms with E-state index in [0.717, 1.165) is 5.69 Å². The average molecular weight is 247 g/mol. The van der Waals surface area contributed by atoms with Crippen molar-refractivity contribution in [3.63, 3.8) is 0 Å². The van der Waals surface area contributed by atoms with Crippen LogP contribution in [0.5, 0.6) is 5.75 Å². The van der Waals surface area contributed by atoms with Gasteiger partial charge in [-0.05, 0) is 37.2 Å². The number of hydrogen-bond acceptors (Lipinski definition) is 3. The molecular weight excluding hydrogens is 234 g/mol. The summed E-state index contributed by atoms with van der Waals surface area (Å²) in [5.74, 6) is 0.615. The lowest BCUT2D eigenvalue weighted by molar-refractivity contribution is 0.417. The fourth-order valence-electron chi connectivity index (χ4n) is 1.44. The Morgan fingerprint density at radius 2 is 2.29 bits per heavy atom. The molecule has 0 spiro atoms. The molecule has 17 heavy (non-hydrogen) atoms. The predicted molar refractivity (Wildman–Crippen MR) is 70.1 cm³/mol. The van der Waals surface area contributed by atoms with Crippen molar-refractivity contribution in [3.05, 3.63) is 23.8 Å². The van der Waals surface area contributed by atoms with Gasteiger partial charge in [-0.25, -0.2) is 0 Å². The zero-order valence-corrected chi connectivity index (χ0v) is 10.3. The second kappa shape index (κ2) is 5.02. The first-order chi connectivity index (χ1) is 8.22. The number of nitrogens with one attached hydrogen (secondary N) is 2. The van der Waals surface area contributed by atoms with Crippen LogP contribution in [0.1, 0.15) is 18.4 Å². The normalized spacial score (nSPS) is 13.6. The number of ether oxygens (including phenoxy) is 1. The second-order valence-electron chi connectivity index (χ2n) is 3.90. The molecule has 0 unspecified atom stereocenters. The number of methoxy groups -OCH3 is 1. The first kappa shape index (κ1) is 11.7. The molecule has 0 aliphatic heterocycles. The van der Waals surface area contributed by atoms with Gasteiger partial charge in [0.2, 0.25) is 0 Å². The van der Waals surface area contributed by atoms with Gasteiger partial charge in [-0.2, -0.15) is 5.26 Å². The van der Waals surface area contributed by atoms with E-state index in [2.05, 4.69) is 16.7 Å². The molecule has 1 aliphatic rings. The van der Waals surface area contributed by atoms with Gasteiger partial charge in [0.25, 0.3) is 0 Å². The monoisotopic (exact) mass is 247 g/mol. The van der Waals surface area contributed by atoms with Gasteiger partial charge in [-0.1, -0.05) is 0 Å². The van der Waals surface area contributed by atoms with Crippen LogP contribution in [0, 0.1) is 11.3 Å². The highest BCUT2D eigenvalue weighted by molar-refractivity contribution is 7.80. The third kappa shape index (κ3) is 3.08. The molecule has 88 valence electrons. The molecule has 0 atom stereocenters. The van der Waals surface area contributed by atoms with E-state index in [1.54, 1.807) is 25.3 Å². The van der Waals surface area contributed by atoms with Crippen LogP contribution in [0.15, 0.2) is 18.2 Å². The summed E-state index contributed by atoms with van der Waals surface area (Å²) in [6.45, 7) is 0. The fraction of sp³-hybridized carbons (Fsp3) is 0.333. The summed E-state index contributed by atoms with van der Waals surface area (Å²) in [7, 11) is 1.57. The molecule has 5 heteroatoms. The second-order valence-corrected chi connectivity index (χ2v) is 4.31. The van der Waals surface area contributed by atoms with Gasteiger partial charge >= 0.3 is 0 Å². The van der Waals surface area contributed by atoms with Crippen LogP contribution in [0.2, 0.25) is 0 Å². The van der Waals surface area contributed by atoms with Crippen molar-refractivity contribution in [1.82, 2.24) is 5.32 Å². The predicted octanol–water partition coefficient (Wildman–Crippen LogP) is 2.02. The van der Waals surface area contributed by atoms with Gasteiger partial charge in [0, 0.05) is 12.1 Å². The molecule has 2 N–H and O–H groups in total. The number of thiocarbonyl (C=S) groups is 1. The number of rotatable bonds is 3. The van der Waals surface area contributed by atoms with E-state index < -0.39 is 0 Å². The van der Waals surface area contributed by atoms with Crippen molar-refractivity contribution < 1.29 is 4.74 Å². The first-order valence-corrected chi connectivity index (χ1v) is 5.79. The molecule has 1 aromatic rings. The molecule has 0 saturated heterocycles. The summed E-state index contributed by atoms with van der Waals surface area (Å²) in [5.41, 5.74) is 1.33. The Kier molecular flexibility index (Phi) is 3.45. The highest BCUT2D eigenvalue weighted by Gasteiger charge is 2.22. The highest BCUT2D eigenvalue weighted by Crippen LogP contribution is 2.25. The minimum absolute atomic E-state index is 0.513. The molecule has 1 aliphatic carbocycles. The number of benzene rings is 1. The van der Waals surface area contributed by atoms with Crippen molar-refractivity contribution in [2.45, 2.75) is 18.9 Å². The van der Waals surface area contributed by atoms with Gasteiger partial charge < -0.3 is 15.4 Å². The SMILES string of the molecule is COc1cc(C#N)ccc1NC(=S)NC1CC1. The maximum Gasteiger partial charge on any atom is 0.171 e. The Balaban J connectivity index is 2.08. The summed E-state index contributed by atoms with van der Waals surface area (Å²) in [4.78, 5) is 0. The lowest BCUT2D eigenvalue weighted by Gasteiger charge is -2.13. The summed E-state index contributed by atoms with van der Waals surface area (Å²) >= 11 is 5.18. The Bertz CT molecular complexity index is 477. The minimum atomic E-state index is 0.513. The maximum atomic E-state index is 8.79. The quantitative estimate of drug-likeness (QED) is 0.800. The Morgan fingerprint density at radius 3 is 2.88 bits per heavy atom. The fourth-order valence-corrected chi connectivity index (χ4v) is 1.71. The van der Waals surface area contributed by atoms with Crippen molar-refractivity contribution in [2.24, 2.45) is 0 Å². The summed E-state index contributed by atoms with van der Waals surface area (Å²) < 4.78 is 5.21. The minimum Gasteiger partial charge on any atom is -0.495 e. The molecule has 1 fully saturated rings. The molecule has 1 saturated carbocycles. The summed E-state index contributed by atoms with van der Waals surface area (Å²) in [5, 5.41) is 15.6. The number of anilines is 1. The zero-order chi connectivity index (χ0) is 12.3. The van der Waals surface area contributed by atoms with Crippen molar-refractivity contribution in [2.75, 3.05) is 12.4 Å². The summed E-state index contributed by atoms with van der Waals surface area (Å²) in [6.07, 6.45) is 2.35. The largest absolute Gasteiger partial charge is 0.495 e. The Morgan fingerprint density at radius 1 is 1.53 bits per heavy atom. The average Bonchev–Trinajstić information content (AvgIpc) is 3.13. The van der Waals surface area contributed by atoms with E-state index >= 15 is 0 Å².